The van der Waals surface area contributed by atoms with Gasteiger partial charge in [0.05, 0.1) is 0 Å². The molecule has 0 saturated carbocycles. The zero-order valence-corrected chi connectivity index (χ0v) is 11.3. The highest BCUT2D eigenvalue weighted by atomic mass is 15.3. The summed E-state index contributed by atoms with van der Waals surface area (Å²) >= 11 is 0. The van der Waals surface area contributed by atoms with Gasteiger partial charge in [-0.2, -0.15) is 5.10 Å². The van der Waals surface area contributed by atoms with Gasteiger partial charge in [0.2, 0.25) is 0 Å². The molecule has 1 fully saturated rings. The first-order valence-electron chi connectivity index (χ1n) is 6.92. The van der Waals surface area contributed by atoms with Gasteiger partial charge >= 0.3 is 0 Å². The number of rotatable bonds is 2. The lowest BCUT2D eigenvalue weighted by Crippen LogP contribution is -2.28. The maximum absolute atomic E-state index is 4.53. The van der Waals surface area contributed by atoms with Crippen molar-refractivity contribution in [1.82, 2.24) is 15.5 Å². The average molecular weight is 256 g/mol. The largest absolute Gasteiger partial charge is 0.353 e. The zero-order chi connectivity index (χ0) is 13.1. The Morgan fingerprint density at radius 1 is 1.11 bits per heavy atom. The van der Waals surface area contributed by atoms with E-state index in [0.29, 0.717) is 0 Å². The van der Waals surface area contributed by atoms with E-state index in [0.717, 1.165) is 37.7 Å². The molecule has 0 bridgehead atoms. The fraction of sp³-hybridized carbons (Fsp3) is 0.400. The number of hydrogen-bond acceptors (Lipinski definition) is 3. The highest BCUT2D eigenvalue weighted by Gasteiger charge is 2.19. The quantitative estimate of drug-likeness (QED) is 0.865. The summed E-state index contributed by atoms with van der Waals surface area (Å²) in [6.45, 7) is 6.30. The molecule has 2 N–H and O–H groups in total. The molecule has 19 heavy (non-hydrogen) atoms. The van der Waals surface area contributed by atoms with Crippen LogP contribution in [-0.4, -0.2) is 36.4 Å². The Morgan fingerprint density at radius 2 is 1.95 bits per heavy atom. The van der Waals surface area contributed by atoms with E-state index in [4.69, 9.17) is 0 Å². The summed E-state index contributed by atoms with van der Waals surface area (Å²) in [7, 11) is 0. The van der Waals surface area contributed by atoms with Gasteiger partial charge in [0.1, 0.15) is 0 Å². The van der Waals surface area contributed by atoms with Crippen LogP contribution in [0.3, 0.4) is 0 Å². The molecule has 100 valence electrons. The van der Waals surface area contributed by atoms with Crippen molar-refractivity contribution < 1.29 is 0 Å². The predicted molar refractivity (Wildman–Crippen MR) is 78.5 cm³/mol. The monoisotopic (exact) mass is 256 g/mol. The number of hydrogen-bond donors (Lipinski definition) is 2. The van der Waals surface area contributed by atoms with Crippen molar-refractivity contribution in [2.75, 3.05) is 31.1 Å². The third kappa shape index (κ3) is 2.49. The van der Waals surface area contributed by atoms with Crippen molar-refractivity contribution in [2.24, 2.45) is 0 Å². The molecule has 2 aromatic rings. The molecular formula is C15H20N4. The number of nitrogens with zero attached hydrogens (tertiary/aromatic N) is 2. The van der Waals surface area contributed by atoms with E-state index in [1.54, 1.807) is 0 Å². The topological polar surface area (TPSA) is 44.0 Å². The third-order valence-electron chi connectivity index (χ3n) is 3.63. The van der Waals surface area contributed by atoms with E-state index in [1.165, 1.54) is 17.5 Å². The fourth-order valence-electron chi connectivity index (χ4n) is 2.65. The number of aromatic nitrogens is 2. The summed E-state index contributed by atoms with van der Waals surface area (Å²) in [6.07, 6.45) is 1.17. The number of benzene rings is 1. The lowest BCUT2D eigenvalue weighted by molar-refractivity contribution is 0.724. The fourth-order valence-corrected chi connectivity index (χ4v) is 2.65. The van der Waals surface area contributed by atoms with Crippen LogP contribution < -0.4 is 10.2 Å². The van der Waals surface area contributed by atoms with Crippen LogP contribution in [0.1, 0.15) is 12.1 Å². The standard InChI is InChI=1S/C15H20N4/c1-12-14(13-6-3-2-4-7-13)15(18-17-12)19-10-5-8-16-9-11-19/h2-4,6-7,16H,5,8-11H2,1H3,(H,17,18). The molecular weight excluding hydrogens is 236 g/mol. The second-order valence-electron chi connectivity index (χ2n) is 5.00. The summed E-state index contributed by atoms with van der Waals surface area (Å²) in [5, 5.41) is 11.1. The Morgan fingerprint density at radius 3 is 2.79 bits per heavy atom. The molecule has 0 aliphatic carbocycles. The second kappa shape index (κ2) is 5.45. The van der Waals surface area contributed by atoms with Crippen molar-refractivity contribution in [1.29, 1.82) is 0 Å². The van der Waals surface area contributed by atoms with Gasteiger partial charge in [0.15, 0.2) is 5.82 Å². The van der Waals surface area contributed by atoms with Crippen LogP contribution in [0, 0.1) is 6.92 Å². The summed E-state index contributed by atoms with van der Waals surface area (Å²) in [6, 6.07) is 10.5. The molecule has 1 aliphatic heterocycles. The van der Waals surface area contributed by atoms with Gasteiger partial charge in [-0.3, -0.25) is 5.10 Å². The van der Waals surface area contributed by atoms with Crippen LogP contribution in [0.15, 0.2) is 30.3 Å². The highest BCUT2D eigenvalue weighted by molar-refractivity contribution is 5.78. The van der Waals surface area contributed by atoms with Gasteiger partial charge in [0.25, 0.3) is 0 Å². The van der Waals surface area contributed by atoms with Crippen molar-refractivity contribution in [2.45, 2.75) is 13.3 Å². The maximum Gasteiger partial charge on any atom is 0.158 e. The minimum atomic E-state index is 1.02. The first kappa shape index (κ1) is 12.2. The summed E-state index contributed by atoms with van der Waals surface area (Å²) < 4.78 is 0. The van der Waals surface area contributed by atoms with Crippen LogP contribution in [0.5, 0.6) is 0 Å². The third-order valence-corrected chi connectivity index (χ3v) is 3.63. The minimum Gasteiger partial charge on any atom is -0.353 e. The molecule has 1 saturated heterocycles. The number of aromatic amines is 1. The van der Waals surface area contributed by atoms with Gasteiger partial charge in [0, 0.05) is 30.9 Å². The molecule has 4 nitrogen and oxygen atoms in total. The Balaban J connectivity index is 1.98. The molecule has 0 unspecified atom stereocenters. The van der Waals surface area contributed by atoms with Gasteiger partial charge < -0.3 is 10.2 Å². The van der Waals surface area contributed by atoms with Gasteiger partial charge in [-0.25, -0.2) is 0 Å². The van der Waals surface area contributed by atoms with E-state index in [9.17, 15) is 0 Å². The van der Waals surface area contributed by atoms with Crippen LogP contribution in [0.4, 0.5) is 5.82 Å². The SMILES string of the molecule is Cc1[nH]nc(N2CCCNCC2)c1-c1ccccc1. The molecule has 3 rings (SSSR count). The van der Waals surface area contributed by atoms with Crippen molar-refractivity contribution in [3.8, 4) is 11.1 Å². The summed E-state index contributed by atoms with van der Waals surface area (Å²) in [4.78, 5) is 2.38. The summed E-state index contributed by atoms with van der Waals surface area (Å²) in [5.41, 5.74) is 3.61. The maximum atomic E-state index is 4.53. The first-order chi connectivity index (χ1) is 9.36. The Kier molecular flexibility index (Phi) is 3.51. The van der Waals surface area contributed by atoms with Crippen LogP contribution in [0.25, 0.3) is 11.1 Å². The van der Waals surface area contributed by atoms with E-state index < -0.39 is 0 Å². The first-order valence-corrected chi connectivity index (χ1v) is 6.92. The highest BCUT2D eigenvalue weighted by Crippen LogP contribution is 2.31. The van der Waals surface area contributed by atoms with Gasteiger partial charge in [-0.15, -0.1) is 0 Å². The van der Waals surface area contributed by atoms with Crippen LogP contribution >= 0.6 is 0 Å². The second-order valence-corrected chi connectivity index (χ2v) is 5.00. The van der Waals surface area contributed by atoms with Crippen LogP contribution in [0.2, 0.25) is 0 Å². The molecule has 1 aromatic heterocycles. The predicted octanol–water partition coefficient (Wildman–Crippen LogP) is 2.18. The normalized spacial score (nSPS) is 16.4. The van der Waals surface area contributed by atoms with Gasteiger partial charge in [-0.1, -0.05) is 30.3 Å². The zero-order valence-electron chi connectivity index (χ0n) is 11.3. The molecule has 0 spiro atoms. The lowest BCUT2D eigenvalue weighted by Gasteiger charge is -2.21. The molecule has 0 radical (unpaired) electrons. The number of H-pyrrole nitrogens is 1. The Bertz CT molecular complexity index is 524. The molecule has 0 amide bonds. The van der Waals surface area contributed by atoms with Crippen molar-refractivity contribution in [3.63, 3.8) is 0 Å². The van der Waals surface area contributed by atoms with Crippen molar-refractivity contribution in [3.05, 3.63) is 36.0 Å². The smallest absolute Gasteiger partial charge is 0.158 e. The van der Waals surface area contributed by atoms with E-state index >= 15 is 0 Å². The molecule has 4 heteroatoms. The van der Waals surface area contributed by atoms with E-state index in [2.05, 4.69) is 57.7 Å². The number of anilines is 1. The molecule has 0 atom stereocenters. The van der Waals surface area contributed by atoms with Crippen molar-refractivity contribution >= 4 is 5.82 Å². The van der Waals surface area contributed by atoms with E-state index in [-0.39, 0.29) is 0 Å². The lowest BCUT2D eigenvalue weighted by atomic mass is 10.1. The van der Waals surface area contributed by atoms with Gasteiger partial charge in [-0.05, 0) is 25.5 Å². The summed E-state index contributed by atoms with van der Waals surface area (Å²) in [5.74, 6) is 1.09. The van der Waals surface area contributed by atoms with E-state index in [1.807, 2.05) is 0 Å². The molecule has 1 aromatic carbocycles. The Hall–Kier alpha value is -1.81. The Labute approximate surface area is 113 Å². The number of aryl methyl sites for hydroxylation is 1. The minimum absolute atomic E-state index is 1.02. The molecule has 1 aliphatic rings. The molecule has 2 heterocycles. The van der Waals surface area contributed by atoms with Crippen LogP contribution in [-0.2, 0) is 0 Å². The average Bonchev–Trinajstić information content (AvgIpc) is 2.67. The number of nitrogens with one attached hydrogen (secondary N) is 2.